The molecule has 5 heteroatoms. The number of nitrogens with two attached hydrogens (primary N) is 1. The Hall–Kier alpha value is -2.01. The lowest BCUT2D eigenvalue weighted by Gasteiger charge is -2.20. The van der Waals surface area contributed by atoms with Gasteiger partial charge in [-0.15, -0.1) is 0 Å². The summed E-state index contributed by atoms with van der Waals surface area (Å²) in [4.78, 5) is 7.24. The minimum Gasteiger partial charge on any atom is -0.497 e. The normalized spacial score (nSPS) is 23.8. The van der Waals surface area contributed by atoms with Crippen LogP contribution in [0.5, 0.6) is 11.5 Å². The Kier molecular flexibility index (Phi) is 3.76. The van der Waals surface area contributed by atoms with Gasteiger partial charge in [0.2, 0.25) is 0 Å². The molecular formula is C19H25N3O2. The summed E-state index contributed by atoms with van der Waals surface area (Å²) in [5.41, 5.74) is 8.44. The Morgan fingerprint density at radius 1 is 1.12 bits per heavy atom. The van der Waals surface area contributed by atoms with Crippen molar-refractivity contribution in [2.45, 2.75) is 25.8 Å². The first-order chi connectivity index (χ1) is 11.6. The molecule has 4 rings (SSSR count). The highest BCUT2D eigenvalue weighted by Crippen LogP contribution is 2.42. The van der Waals surface area contributed by atoms with Gasteiger partial charge in [-0.25, -0.2) is 4.98 Å². The summed E-state index contributed by atoms with van der Waals surface area (Å²) in [5.74, 6) is 3.97. The van der Waals surface area contributed by atoms with Crippen LogP contribution in [0.3, 0.4) is 0 Å². The Bertz CT molecular complexity index is 773. The fourth-order valence-electron chi connectivity index (χ4n) is 3.92. The van der Waals surface area contributed by atoms with Gasteiger partial charge in [-0.2, -0.15) is 0 Å². The van der Waals surface area contributed by atoms with Crippen molar-refractivity contribution in [3.63, 3.8) is 0 Å². The van der Waals surface area contributed by atoms with E-state index in [1.54, 1.807) is 14.2 Å². The number of nitrogens with zero attached hydrogens (tertiary/aromatic N) is 2. The van der Waals surface area contributed by atoms with E-state index < -0.39 is 0 Å². The smallest absolute Gasteiger partial charge is 0.148 e. The molecule has 2 fully saturated rings. The molecule has 1 aromatic carbocycles. The zero-order chi connectivity index (χ0) is 16.8. The van der Waals surface area contributed by atoms with Crippen LogP contribution in [0.2, 0.25) is 0 Å². The molecule has 2 atom stereocenters. The van der Waals surface area contributed by atoms with Crippen LogP contribution < -0.4 is 20.1 Å². The second-order valence-corrected chi connectivity index (χ2v) is 7.09. The van der Waals surface area contributed by atoms with Crippen molar-refractivity contribution in [1.82, 2.24) is 4.98 Å². The molecule has 0 radical (unpaired) electrons. The minimum absolute atomic E-state index is 0.257. The van der Waals surface area contributed by atoms with Crippen molar-refractivity contribution in [2.75, 3.05) is 32.2 Å². The summed E-state index contributed by atoms with van der Waals surface area (Å²) in [6.07, 6.45) is 2.67. The molecule has 1 aliphatic heterocycles. The number of anilines is 1. The van der Waals surface area contributed by atoms with E-state index in [0.717, 1.165) is 47.2 Å². The number of pyridine rings is 1. The van der Waals surface area contributed by atoms with Gasteiger partial charge in [0.25, 0.3) is 0 Å². The van der Waals surface area contributed by atoms with E-state index in [4.69, 9.17) is 20.2 Å². The van der Waals surface area contributed by atoms with E-state index in [1.807, 2.05) is 12.1 Å². The van der Waals surface area contributed by atoms with Gasteiger partial charge in [0.05, 0.1) is 14.2 Å². The van der Waals surface area contributed by atoms with Crippen LogP contribution in [0.1, 0.15) is 18.4 Å². The van der Waals surface area contributed by atoms with E-state index in [0.29, 0.717) is 5.92 Å². The molecule has 1 saturated carbocycles. The van der Waals surface area contributed by atoms with Crippen molar-refractivity contribution in [1.29, 1.82) is 0 Å². The van der Waals surface area contributed by atoms with E-state index in [9.17, 15) is 0 Å². The summed E-state index contributed by atoms with van der Waals surface area (Å²) >= 11 is 0. The third-order valence-corrected chi connectivity index (χ3v) is 5.46. The standard InChI is InChI=1S/C19H25N3O2/c1-11-6-18(22-9-15(12-4-5-12)16(20)10-22)21-19-14(11)7-13(23-2)8-17(19)24-3/h6-8,12,15-16H,4-5,9-10,20H2,1-3H3/t15-,16+/m0/s1. The van der Waals surface area contributed by atoms with Crippen LogP contribution in [-0.2, 0) is 0 Å². The van der Waals surface area contributed by atoms with Crippen molar-refractivity contribution >= 4 is 16.7 Å². The van der Waals surface area contributed by atoms with Crippen LogP contribution in [0, 0.1) is 18.8 Å². The van der Waals surface area contributed by atoms with Crippen LogP contribution in [-0.4, -0.2) is 38.3 Å². The number of ether oxygens (including phenoxy) is 2. The maximum atomic E-state index is 6.38. The molecule has 1 saturated heterocycles. The largest absolute Gasteiger partial charge is 0.497 e. The number of hydrogen-bond acceptors (Lipinski definition) is 5. The molecule has 1 aromatic heterocycles. The molecule has 5 nitrogen and oxygen atoms in total. The Labute approximate surface area is 142 Å². The van der Waals surface area contributed by atoms with Gasteiger partial charge in [0.15, 0.2) is 0 Å². The summed E-state index contributed by atoms with van der Waals surface area (Å²) < 4.78 is 10.9. The molecule has 2 heterocycles. The number of rotatable bonds is 4. The van der Waals surface area contributed by atoms with E-state index in [2.05, 4.69) is 17.9 Å². The zero-order valence-electron chi connectivity index (χ0n) is 14.6. The van der Waals surface area contributed by atoms with Gasteiger partial charge in [-0.3, -0.25) is 0 Å². The summed E-state index contributed by atoms with van der Waals surface area (Å²) in [6.45, 7) is 4.01. The van der Waals surface area contributed by atoms with Crippen LogP contribution in [0.4, 0.5) is 5.82 Å². The predicted octanol–water partition coefficient (Wildman–Crippen LogP) is 2.73. The summed E-state index contributed by atoms with van der Waals surface area (Å²) in [5, 5.41) is 1.07. The van der Waals surface area contributed by atoms with Crippen LogP contribution in [0.15, 0.2) is 18.2 Å². The Morgan fingerprint density at radius 2 is 1.92 bits per heavy atom. The topological polar surface area (TPSA) is 60.6 Å². The lowest BCUT2D eigenvalue weighted by Crippen LogP contribution is -2.30. The zero-order valence-corrected chi connectivity index (χ0v) is 14.6. The first-order valence-electron chi connectivity index (χ1n) is 8.64. The average molecular weight is 327 g/mol. The number of hydrogen-bond donors (Lipinski definition) is 1. The average Bonchev–Trinajstić information content (AvgIpc) is 3.36. The summed E-state index contributed by atoms with van der Waals surface area (Å²) in [7, 11) is 3.34. The first-order valence-corrected chi connectivity index (χ1v) is 8.64. The molecular weight excluding hydrogens is 302 g/mol. The van der Waals surface area contributed by atoms with Crippen LogP contribution >= 0.6 is 0 Å². The molecule has 2 aromatic rings. The third-order valence-electron chi connectivity index (χ3n) is 5.46. The van der Waals surface area contributed by atoms with Crippen molar-refractivity contribution in [3.05, 3.63) is 23.8 Å². The number of methoxy groups -OCH3 is 2. The highest BCUT2D eigenvalue weighted by molar-refractivity contribution is 5.90. The fraction of sp³-hybridized carbons (Fsp3) is 0.526. The Morgan fingerprint density at radius 3 is 2.58 bits per heavy atom. The van der Waals surface area contributed by atoms with E-state index in [-0.39, 0.29) is 6.04 Å². The van der Waals surface area contributed by atoms with Gasteiger partial charge in [-0.05, 0) is 49.3 Å². The minimum atomic E-state index is 0.257. The lowest BCUT2D eigenvalue weighted by molar-refractivity contribution is 0.397. The van der Waals surface area contributed by atoms with Crippen molar-refractivity contribution < 1.29 is 9.47 Å². The molecule has 0 spiro atoms. The molecule has 2 N–H and O–H groups in total. The van der Waals surface area contributed by atoms with Gasteiger partial charge >= 0.3 is 0 Å². The fourth-order valence-corrected chi connectivity index (χ4v) is 3.92. The third kappa shape index (κ3) is 2.57. The van der Waals surface area contributed by atoms with Crippen molar-refractivity contribution in [2.24, 2.45) is 17.6 Å². The summed E-state index contributed by atoms with van der Waals surface area (Å²) in [6, 6.07) is 6.32. The SMILES string of the molecule is COc1cc(OC)c2nc(N3C[C@@H](N)[C@H](C4CC4)C3)cc(C)c2c1. The molecule has 24 heavy (non-hydrogen) atoms. The highest BCUT2D eigenvalue weighted by Gasteiger charge is 2.41. The molecule has 0 unspecified atom stereocenters. The molecule has 1 aliphatic carbocycles. The second-order valence-electron chi connectivity index (χ2n) is 7.09. The van der Waals surface area contributed by atoms with Crippen LogP contribution in [0.25, 0.3) is 10.9 Å². The monoisotopic (exact) mass is 327 g/mol. The van der Waals surface area contributed by atoms with Crippen molar-refractivity contribution in [3.8, 4) is 11.5 Å². The molecule has 0 amide bonds. The predicted molar refractivity (Wildman–Crippen MR) is 96.0 cm³/mol. The Balaban J connectivity index is 1.74. The van der Waals surface area contributed by atoms with E-state index >= 15 is 0 Å². The number of aromatic nitrogens is 1. The number of benzene rings is 1. The maximum absolute atomic E-state index is 6.38. The second kappa shape index (κ2) is 5.81. The molecule has 2 aliphatic rings. The first kappa shape index (κ1) is 15.5. The molecule has 128 valence electrons. The quantitative estimate of drug-likeness (QED) is 0.935. The van der Waals surface area contributed by atoms with Gasteiger partial charge < -0.3 is 20.1 Å². The van der Waals surface area contributed by atoms with Gasteiger partial charge in [-0.1, -0.05) is 0 Å². The lowest BCUT2D eigenvalue weighted by atomic mass is 9.99. The highest BCUT2D eigenvalue weighted by atomic mass is 16.5. The maximum Gasteiger partial charge on any atom is 0.148 e. The van der Waals surface area contributed by atoms with Gasteiger partial charge in [0.1, 0.15) is 22.8 Å². The number of fused-ring (bicyclic) bond motifs is 1. The van der Waals surface area contributed by atoms with Gasteiger partial charge in [0, 0.05) is 30.6 Å². The van der Waals surface area contributed by atoms with E-state index in [1.165, 1.54) is 18.4 Å². The number of aryl methyl sites for hydroxylation is 1. The molecule has 0 bridgehead atoms.